The van der Waals surface area contributed by atoms with Crippen LogP contribution in [0.25, 0.3) is 17.1 Å². The third-order valence-electron chi connectivity index (χ3n) is 5.25. The average Bonchev–Trinajstić information content (AvgIpc) is 3.23. The van der Waals surface area contributed by atoms with E-state index in [1.807, 2.05) is 37.3 Å². The molecule has 0 amide bonds. The first-order chi connectivity index (χ1) is 15.3. The first-order valence-electron chi connectivity index (χ1n) is 10.3. The topological polar surface area (TPSA) is 34.0 Å². The molecule has 4 aromatic carbocycles. The Balaban J connectivity index is 1.56. The predicted octanol–water partition coefficient (Wildman–Crippen LogP) is 6.71. The minimum atomic E-state index is 0.834. The number of aromatic nitrogens is 3. The Morgan fingerprint density at radius 3 is 1.58 bits per heavy atom. The molecule has 0 atom stereocenters. The fraction of sp³-hybridized carbons (Fsp3) is 0.0370. The van der Waals surface area contributed by atoms with E-state index in [2.05, 4.69) is 105 Å². The number of hydrogen-bond donors (Lipinski definition) is 0. The summed E-state index contributed by atoms with van der Waals surface area (Å²) in [6.45, 7) is 1.98. The number of rotatable bonds is 5. The molecule has 0 saturated carbocycles. The monoisotopic (exact) mass is 402 g/mol. The number of anilines is 3. The van der Waals surface area contributed by atoms with Crippen LogP contribution in [0, 0.1) is 6.92 Å². The van der Waals surface area contributed by atoms with Crippen molar-refractivity contribution in [3.63, 3.8) is 0 Å². The van der Waals surface area contributed by atoms with Crippen molar-refractivity contribution in [2.75, 3.05) is 4.90 Å². The van der Waals surface area contributed by atoms with E-state index in [0.29, 0.717) is 0 Å². The lowest BCUT2D eigenvalue weighted by Gasteiger charge is -2.25. The third kappa shape index (κ3) is 3.71. The van der Waals surface area contributed by atoms with Gasteiger partial charge in [-0.25, -0.2) is 0 Å². The Labute approximate surface area is 182 Å². The van der Waals surface area contributed by atoms with Gasteiger partial charge in [-0.15, -0.1) is 10.2 Å². The van der Waals surface area contributed by atoms with Crippen LogP contribution in [0.2, 0.25) is 0 Å². The number of aryl methyl sites for hydroxylation is 1. The molecule has 0 bridgehead atoms. The number of para-hydroxylation sites is 3. The summed E-state index contributed by atoms with van der Waals surface area (Å²) in [6, 6.07) is 39.5. The van der Waals surface area contributed by atoms with Gasteiger partial charge in [0, 0.05) is 28.3 Å². The van der Waals surface area contributed by atoms with Gasteiger partial charge in [0.25, 0.3) is 0 Å². The van der Waals surface area contributed by atoms with E-state index in [9.17, 15) is 0 Å². The molecule has 1 aromatic heterocycles. The van der Waals surface area contributed by atoms with Gasteiger partial charge < -0.3 is 4.90 Å². The SMILES string of the molecule is Cc1nnc(-c2ccc(N(c3ccccc3)c3ccccc3)cc2)n1-c1ccccc1. The molecule has 0 radical (unpaired) electrons. The molecule has 1 heterocycles. The summed E-state index contributed by atoms with van der Waals surface area (Å²) in [4.78, 5) is 2.25. The molecule has 4 heteroatoms. The van der Waals surface area contributed by atoms with Gasteiger partial charge in [0.2, 0.25) is 0 Å². The molecule has 0 spiro atoms. The van der Waals surface area contributed by atoms with Crippen molar-refractivity contribution in [1.82, 2.24) is 14.8 Å². The van der Waals surface area contributed by atoms with Crippen LogP contribution < -0.4 is 4.90 Å². The van der Waals surface area contributed by atoms with Gasteiger partial charge >= 0.3 is 0 Å². The van der Waals surface area contributed by atoms with Gasteiger partial charge in [-0.05, 0) is 67.6 Å². The van der Waals surface area contributed by atoms with Crippen molar-refractivity contribution in [2.24, 2.45) is 0 Å². The highest BCUT2D eigenvalue weighted by molar-refractivity contribution is 5.77. The zero-order chi connectivity index (χ0) is 21.0. The maximum Gasteiger partial charge on any atom is 0.168 e. The second-order valence-corrected chi connectivity index (χ2v) is 7.30. The first-order valence-corrected chi connectivity index (χ1v) is 10.3. The second kappa shape index (κ2) is 8.28. The molecular weight excluding hydrogens is 380 g/mol. The van der Waals surface area contributed by atoms with Crippen LogP contribution in [0.4, 0.5) is 17.1 Å². The Morgan fingerprint density at radius 1 is 0.548 bits per heavy atom. The average molecular weight is 403 g/mol. The Bertz CT molecular complexity index is 1220. The Morgan fingerprint density at radius 2 is 1.03 bits per heavy atom. The van der Waals surface area contributed by atoms with Gasteiger partial charge in [0.05, 0.1) is 0 Å². The summed E-state index contributed by atoms with van der Waals surface area (Å²) in [7, 11) is 0. The maximum absolute atomic E-state index is 4.45. The molecule has 0 saturated heterocycles. The van der Waals surface area contributed by atoms with Crippen LogP contribution in [-0.2, 0) is 0 Å². The largest absolute Gasteiger partial charge is 0.311 e. The van der Waals surface area contributed by atoms with Crippen molar-refractivity contribution in [3.8, 4) is 17.1 Å². The fourth-order valence-electron chi connectivity index (χ4n) is 3.80. The quantitative estimate of drug-likeness (QED) is 0.327. The van der Waals surface area contributed by atoms with Gasteiger partial charge in [0.15, 0.2) is 5.82 Å². The van der Waals surface area contributed by atoms with Crippen LogP contribution in [0.1, 0.15) is 5.82 Å². The van der Waals surface area contributed by atoms with Gasteiger partial charge in [0.1, 0.15) is 5.82 Å². The number of nitrogens with zero attached hydrogens (tertiary/aromatic N) is 4. The standard InChI is InChI=1S/C27H22N4/c1-21-28-29-27(30(21)23-11-5-2-6-12-23)22-17-19-26(20-18-22)31(24-13-7-3-8-14-24)25-15-9-4-10-16-25/h2-20H,1H3. The summed E-state index contributed by atoms with van der Waals surface area (Å²) in [5, 5.41) is 8.78. The van der Waals surface area contributed by atoms with Crippen molar-refractivity contribution in [1.29, 1.82) is 0 Å². The summed E-state index contributed by atoms with van der Waals surface area (Å²) in [5.41, 5.74) is 5.40. The molecule has 0 fully saturated rings. The highest BCUT2D eigenvalue weighted by Crippen LogP contribution is 2.35. The fourth-order valence-corrected chi connectivity index (χ4v) is 3.80. The molecule has 0 N–H and O–H groups in total. The lowest BCUT2D eigenvalue weighted by molar-refractivity contribution is 0.972. The molecule has 0 aliphatic rings. The zero-order valence-electron chi connectivity index (χ0n) is 17.3. The molecule has 0 aliphatic heterocycles. The Kier molecular flexibility index (Phi) is 5.03. The van der Waals surface area contributed by atoms with Crippen molar-refractivity contribution < 1.29 is 0 Å². The molecule has 5 rings (SSSR count). The molecule has 4 nitrogen and oxygen atoms in total. The second-order valence-electron chi connectivity index (χ2n) is 7.30. The minimum absolute atomic E-state index is 0.834. The predicted molar refractivity (Wildman–Crippen MR) is 126 cm³/mol. The smallest absolute Gasteiger partial charge is 0.168 e. The molecule has 0 unspecified atom stereocenters. The van der Waals surface area contributed by atoms with E-state index < -0.39 is 0 Å². The summed E-state index contributed by atoms with van der Waals surface area (Å²) >= 11 is 0. The Hall–Kier alpha value is -4.18. The van der Waals surface area contributed by atoms with E-state index in [1.54, 1.807) is 0 Å². The molecule has 5 aromatic rings. The van der Waals surface area contributed by atoms with Crippen LogP contribution in [0.3, 0.4) is 0 Å². The lowest BCUT2D eigenvalue weighted by Crippen LogP contribution is -2.09. The van der Waals surface area contributed by atoms with Crippen molar-refractivity contribution >= 4 is 17.1 Å². The van der Waals surface area contributed by atoms with E-state index in [-0.39, 0.29) is 0 Å². The summed E-state index contributed by atoms with van der Waals surface area (Å²) in [6.07, 6.45) is 0. The number of benzene rings is 4. The lowest BCUT2D eigenvalue weighted by atomic mass is 10.1. The molecule has 0 aliphatic carbocycles. The van der Waals surface area contributed by atoms with Crippen molar-refractivity contribution in [2.45, 2.75) is 6.92 Å². The molecule has 150 valence electrons. The highest BCUT2D eigenvalue weighted by atomic mass is 15.3. The van der Waals surface area contributed by atoms with Crippen LogP contribution in [0.15, 0.2) is 115 Å². The van der Waals surface area contributed by atoms with Gasteiger partial charge in [-0.2, -0.15) is 0 Å². The van der Waals surface area contributed by atoms with Gasteiger partial charge in [-0.3, -0.25) is 4.57 Å². The van der Waals surface area contributed by atoms with E-state index in [0.717, 1.165) is 40.0 Å². The first kappa shape index (κ1) is 18.8. The molecular formula is C27H22N4. The molecule has 31 heavy (non-hydrogen) atoms. The van der Waals surface area contributed by atoms with E-state index in [1.165, 1.54) is 0 Å². The number of hydrogen-bond acceptors (Lipinski definition) is 3. The highest BCUT2D eigenvalue weighted by Gasteiger charge is 2.15. The third-order valence-corrected chi connectivity index (χ3v) is 5.25. The van der Waals surface area contributed by atoms with Crippen molar-refractivity contribution in [3.05, 3.63) is 121 Å². The van der Waals surface area contributed by atoms with Crippen LogP contribution >= 0.6 is 0 Å². The van der Waals surface area contributed by atoms with E-state index >= 15 is 0 Å². The summed E-state index contributed by atoms with van der Waals surface area (Å²) < 4.78 is 2.08. The zero-order valence-corrected chi connectivity index (χ0v) is 17.3. The van der Waals surface area contributed by atoms with Gasteiger partial charge in [-0.1, -0.05) is 54.6 Å². The maximum atomic E-state index is 4.45. The van der Waals surface area contributed by atoms with Crippen LogP contribution in [0.5, 0.6) is 0 Å². The van der Waals surface area contributed by atoms with Crippen LogP contribution in [-0.4, -0.2) is 14.8 Å². The van der Waals surface area contributed by atoms with E-state index in [4.69, 9.17) is 0 Å². The minimum Gasteiger partial charge on any atom is -0.311 e. The normalized spacial score (nSPS) is 10.7. The summed E-state index contributed by atoms with van der Waals surface area (Å²) in [5.74, 6) is 1.70.